The van der Waals surface area contributed by atoms with E-state index in [0.717, 1.165) is 11.1 Å². The van der Waals surface area contributed by atoms with Crippen LogP contribution in [0.3, 0.4) is 0 Å². The Morgan fingerprint density at radius 3 is 2.91 bits per heavy atom. The smallest absolute Gasteiger partial charge is 0.0851 e. The van der Waals surface area contributed by atoms with Gasteiger partial charge in [-0.05, 0) is 55.2 Å². The lowest BCUT2D eigenvalue weighted by Crippen LogP contribution is -2.24. The van der Waals surface area contributed by atoms with Crippen LogP contribution in [-0.2, 0) is 6.42 Å². The summed E-state index contributed by atoms with van der Waals surface area (Å²) < 4.78 is 32.5. The van der Waals surface area contributed by atoms with Crippen LogP contribution in [0.25, 0.3) is 5.57 Å². The monoisotopic (exact) mass is 330 g/mol. The van der Waals surface area contributed by atoms with Gasteiger partial charge in [0.1, 0.15) is 0 Å². The van der Waals surface area contributed by atoms with Crippen LogP contribution in [0, 0.1) is 0 Å². The number of aliphatic hydroxyl groups excluding tert-OH is 1. The Balaban J connectivity index is 2.03. The fourth-order valence-electron chi connectivity index (χ4n) is 3.28. The molecule has 0 saturated carbocycles. The van der Waals surface area contributed by atoms with Crippen LogP contribution in [0.1, 0.15) is 46.8 Å². The molecule has 2 aromatic rings. The van der Waals surface area contributed by atoms with Gasteiger partial charge in [-0.3, -0.25) is 4.98 Å². The van der Waals surface area contributed by atoms with E-state index < -0.39 is 19.1 Å². The molecule has 118 valence electrons. The number of piperidine rings is 1. The molecule has 2 aliphatic rings. The molecule has 2 heterocycles. The summed E-state index contributed by atoms with van der Waals surface area (Å²) in [5, 5.41) is 13.7. The van der Waals surface area contributed by atoms with E-state index >= 15 is 0 Å². The number of fused-ring (bicyclic) bond motifs is 2. The van der Waals surface area contributed by atoms with Gasteiger partial charge in [0.25, 0.3) is 0 Å². The summed E-state index contributed by atoms with van der Waals surface area (Å²) in [7, 11) is 0. The first-order valence-electron chi connectivity index (χ1n) is 9.59. The van der Waals surface area contributed by atoms with Crippen molar-refractivity contribution in [3.63, 3.8) is 0 Å². The second-order valence-electron chi connectivity index (χ2n) is 5.77. The average molecular weight is 331 g/mol. The average Bonchev–Trinajstić information content (AvgIpc) is 2.66. The van der Waals surface area contributed by atoms with Crippen LogP contribution >= 0.6 is 11.6 Å². The summed E-state index contributed by atoms with van der Waals surface area (Å²) in [6.07, 6.45) is 1.31. The largest absolute Gasteiger partial charge is 0.388 e. The highest BCUT2D eigenvalue weighted by Crippen LogP contribution is 2.40. The maximum atomic E-state index is 10.7. The van der Waals surface area contributed by atoms with Gasteiger partial charge in [-0.25, -0.2) is 0 Å². The van der Waals surface area contributed by atoms with Crippen molar-refractivity contribution in [3.05, 3.63) is 69.5 Å². The number of benzene rings is 1. The molecule has 0 bridgehead atoms. The molecular weight excluding hydrogens is 308 g/mol. The molecule has 23 heavy (non-hydrogen) atoms. The van der Waals surface area contributed by atoms with Crippen molar-refractivity contribution in [2.45, 2.75) is 25.4 Å². The molecule has 1 aliphatic carbocycles. The predicted molar refractivity (Wildman–Crippen MR) is 92.5 cm³/mol. The fraction of sp³-hybridized carbons (Fsp3) is 0.316. The lowest BCUT2D eigenvalue weighted by molar-refractivity contribution is 0.178. The highest BCUT2D eigenvalue weighted by molar-refractivity contribution is 6.30. The molecule has 1 fully saturated rings. The number of pyridine rings is 1. The molecule has 0 spiro atoms. The maximum absolute atomic E-state index is 10.7. The van der Waals surface area contributed by atoms with Crippen LogP contribution in [0.15, 0.2) is 42.1 Å². The Morgan fingerprint density at radius 1 is 1.26 bits per heavy atom. The third kappa shape index (κ3) is 2.69. The second kappa shape index (κ2) is 6.08. The molecule has 1 atom stereocenters. The fourth-order valence-corrected chi connectivity index (χ4v) is 3.47. The summed E-state index contributed by atoms with van der Waals surface area (Å²) in [4.78, 5) is 4.49. The number of rotatable bonds is 0. The van der Waals surface area contributed by atoms with Crippen molar-refractivity contribution in [1.82, 2.24) is 10.3 Å². The SMILES string of the molecule is [2H]C1([2H])CC(=C2c3ccc(Cl)cc3CC(O)c3cccnc32)CC([2H])([2H])N1. The third-order valence-corrected chi connectivity index (χ3v) is 4.55. The summed E-state index contributed by atoms with van der Waals surface area (Å²) >= 11 is 6.17. The third-order valence-electron chi connectivity index (χ3n) is 4.32. The Bertz CT molecular complexity index is 927. The van der Waals surface area contributed by atoms with Crippen molar-refractivity contribution in [2.24, 2.45) is 0 Å². The number of hydrogen-bond donors (Lipinski definition) is 2. The van der Waals surface area contributed by atoms with E-state index in [4.69, 9.17) is 17.1 Å². The summed E-state index contributed by atoms with van der Waals surface area (Å²) in [5.74, 6) is 0. The Labute approximate surface area is 146 Å². The number of nitrogens with one attached hydrogen (secondary N) is 1. The van der Waals surface area contributed by atoms with Crippen molar-refractivity contribution >= 4 is 17.2 Å². The quantitative estimate of drug-likeness (QED) is 0.777. The van der Waals surface area contributed by atoms with Crippen LogP contribution < -0.4 is 5.32 Å². The standard InChI is InChI=1S/C19H19ClN2O/c20-14-3-4-15-13(10-14)11-17(23)16-2-1-7-22-19(16)18(15)12-5-8-21-9-6-12/h1-4,7,10,17,21,23H,5-6,8-9,11H2/i8D2,9D2. The van der Waals surface area contributed by atoms with E-state index in [-0.39, 0.29) is 12.8 Å². The van der Waals surface area contributed by atoms with Crippen molar-refractivity contribution in [2.75, 3.05) is 13.0 Å². The van der Waals surface area contributed by atoms with E-state index in [0.29, 0.717) is 33.8 Å². The first-order chi connectivity index (χ1) is 12.7. The molecule has 1 saturated heterocycles. The minimum Gasteiger partial charge on any atom is -0.388 e. The lowest BCUT2D eigenvalue weighted by Gasteiger charge is -2.21. The van der Waals surface area contributed by atoms with Crippen molar-refractivity contribution in [1.29, 1.82) is 0 Å². The van der Waals surface area contributed by atoms with Gasteiger partial charge in [-0.1, -0.05) is 29.3 Å². The minimum atomic E-state index is -1.88. The predicted octanol–water partition coefficient (Wildman–Crippen LogP) is 3.51. The van der Waals surface area contributed by atoms with Crippen LogP contribution in [0.2, 0.25) is 5.02 Å². The molecule has 1 aliphatic heterocycles. The first-order valence-corrected chi connectivity index (χ1v) is 7.97. The summed E-state index contributed by atoms with van der Waals surface area (Å²) in [5.41, 5.74) is 4.24. The molecule has 0 amide bonds. The lowest BCUT2D eigenvalue weighted by atomic mass is 9.89. The van der Waals surface area contributed by atoms with Gasteiger partial charge in [0.2, 0.25) is 0 Å². The zero-order valence-corrected chi connectivity index (χ0v) is 13.2. The van der Waals surface area contributed by atoms with Crippen molar-refractivity contribution in [3.8, 4) is 0 Å². The van der Waals surface area contributed by atoms with Gasteiger partial charge in [0.15, 0.2) is 0 Å². The molecule has 1 unspecified atom stereocenters. The van der Waals surface area contributed by atoms with Gasteiger partial charge < -0.3 is 10.4 Å². The molecule has 4 rings (SSSR count). The van der Waals surface area contributed by atoms with E-state index in [1.807, 2.05) is 12.1 Å². The number of halogens is 1. The van der Waals surface area contributed by atoms with Gasteiger partial charge in [0, 0.05) is 34.3 Å². The van der Waals surface area contributed by atoms with Crippen LogP contribution in [0.4, 0.5) is 0 Å². The molecular formula is C19H19ClN2O. The van der Waals surface area contributed by atoms with Gasteiger partial charge in [-0.15, -0.1) is 0 Å². The van der Waals surface area contributed by atoms with E-state index in [9.17, 15) is 5.11 Å². The van der Waals surface area contributed by atoms with E-state index in [2.05, 4.69) is 10.3 Å². The summed E-state index contributed by atoms with van der Waals surface area (Å²) in [6, 6.07) is 8.98. The maximum Gasteiger partial charge on any atom is 0.0851 e. The number of aromatic nitrogens is 1. The van der Waals surface area contributed by atoms with E-state index in [1.165, 1.54) is 0 Å². The second-order valence-corrected chi connectivity index (χ2v) is 6.21. The Morgan fingerprint density at radius 2 is 2.09 bits per heavy atom. The zero-order valence-electron chi connectivity index (χ0n) is 16.4. The number of nitrogens with zero attached hydrogens (tertiary/aromatic N) is 1. The topological polar surface area (TPSA) is 45.2 Å². The zero-order chi connectivity index (χ0) is 19.4. The van der Waals surface area contributed by atoms with Crippen molar-refractivity contribution < 1.29 is 10.6 Å². The molecule has 3 nitrogen and oxygen atoms in total. The van der Waals surface area contributed by atoms with Gasteiger partial charge in [0.05, 0.1) is 11.8 Å². The number of hydrogen-bond acceptors (Lipinski definition) is 3. The van der Waals surface area contributed by atoms with Crippen LogP contribution in [-0.4, -0.2) is 23.1 Å². The molecule has 1 aromatic heterocycles. The molecule has 1 aromatic carbocycles. The summed E-state index contributed by atoms with van der Waals surface area (Å²) in [6.45, 7) is -3.76. The highest BCUT2D eigenvalue weighted by Gasteiger charge is 2.27. The Kier molecular flexibility index (Phi) is 2.90. The van der Waals surface area contributed by atoms with Gasteiger partial charge >= 0.3 is 0 Å². The van der Waals surface area contributed by atoms with Gasteiger partial charge in [-0.2, -0.15) is 0 Å². The molecule has 2 N–H and O–H groups in total. The highest BCUT2D eigenvalue weighted by atomic mass is 35.5. The normalized spacial score (nSPS) is 27.7. The molecule has 0 radical (unpaired) electrons. The first kappa shape index (κ1) is 11.0. The van der Waals surface area contributed by atoms with E-state index in [1.54, 1.807) is 24.4 Å². The number of aliphatic hydroxyl groups is 1. The van der Waals surface area contributed by atoms with Crippen LogP contribution in [0.5, 0.6) is 0 Å². The minimum absolute atomic E-state index is 0.0377. The Hall–Kier alpha value is -1.68. The molecule has 4 heteroatoms.